The van der Waals surface area contributed by atoms with E-state index >= 15 is 0 Å². The molecule has 102 valence electrons. The van der Waals surface area contributed by atoms with Gasteiger partial charge in [0.15, 0.2) is 0 Å². The number of rotatable bonds is 5. The van der Waals surface area contributed by atoms with Crippen LogP contribution < -0.4 is 5.73 Å². The molecule has 17 heavy (non-hydrogen) atoms. The normalized spacial score (nSPS) is 32.5. The lowest BCUT2D eigenvalue weighted by Crippen LogP contribution is -2.50. The van der Waals surface area contributed by atoms with Crippen molar-refractivity contribution < 1.29 is 0 Å². The van der Waals surface area contributed by atoms with E-state index in [0.717, 1.165) is 5.92 Å². The second-order valence-electron chi connectivity index (χ2n) is 7.04. The monoisotopic (exact) mass is 239 g/mol. The van der Waals surface area contributed by atoms with Crippen LogP contribution in [-0.2, 0) is 0 Å². The zero-order chi connectivity index (χ0) is 13.1. The van der Waals surface area contributed by atoms with Crippen LogP contribution in [0.1, 0.15) is 79.6 Å². The molecule has 0 bridgehead atoms. The molecule has 0 aromatic rings. The third-order valence-corrected chi connectivity index (χ3v) is 5.64. The maximum atomic E-state index is 6.64. The number of nitrogens with two attached hydrogens (primary N) is 1. The molecule has 0 heterocycles. The third-order valence-electron chi connectivity index (χ3n) is 5.64. The molecule has 1 fully saturated rings. The fourth-order valence-corrected chi connectivity index (χ4v) is 3.44. The van der Waals surface area contributed by atoms with E-state index in [1.54, 1.807) is 0 Å². The molecule has 0 radical (unpaired) electrons. The first kappa shape index (κ1) is 15.0. The predicted octanol–water partition coefficient (Wildman–Crippen LogP) is 4.75. The molecule has 0 amide bonds. The summed E-state index contributed by atoms with van der Waals surface area (Å²) in [4.78, 5) is 0. The maximum Gasteiger partial charge on any atom is 0.0180 e. The van der Waals surface area contributed by atoms with Crippen LogP contribution in [0.4, 0.5) is 0 Å². The summed E-state index contributed by atoms with van der Waals surface area (Å²) in [5.41, 5.74) is 7.28. The Morgan fingerprint density at radius 2 is 1.76 bits per heavy atom. The minimum absolute atomic E-state index is 0.135. The largest absolute Gasteiger partial charge is 0.325 e. The molecule has 0 spiro atoms. The molecule has 2 N–H and O–H groups in total. The van der Waals surface area contributed by atoms with Crippen molar-refractivity contribution in [2.75, 3.05) is 0 Å². The van der Waals surface area contributed by atoms with Crippen molar-refractivity contribution in [1.82, 2.24) is 0 Å². The van der Waals surface area contributed by atoms with Crippen LogP contribution in [0, 0.1) is 17.3 Å². The average Bonchev–Trinajstić information content (AvgIpc) is 2.30. The molecule has 1 unspecified atom stereocenters. The molecule has 1 saturated carbocycles. The van der Waals surface area contributed by atoms with Gasteiger partial charge in [0.1, 0.15) is 0 Å². The van der Waals surface area contributed by atoms with Crippen LogP contribution in [-0.4, -0.2) is 5.54 Å². The summed E-state index contributed by atoms with van der Waals surface area (Å²) in [6, 6.07) is 0. The van der Waals surface area contributed by atoms with E-state index in [4.69, 9.17) is 5.73 Å². The Bertz CT molecular complexity index is 224. The van der Waals surface area contributed by atoms with Crippen LogP contribution in [0.5, 0.6) is 0 Å². The zero-order valence-electron chi connectivity index (χ0n) is 12.7. The summed E-state index contributed by atoms with van der Waals surface area (Å²) < 4.78 is 0. The summed E-state index contributed by atoms with van der Waals surface area (Å²) in [5, 5.41) is 0. The first-order chi connectivity index (χ1) is 7.85. The molecule has 0 aromatic heterocycles. The highest BCUT2D eigenvalue weighted by Gasteiger charge is 2.39. The maximum absolute atomic E-state index is 6.64. The third kappa shape index (κ3) is 3.47. The van der Waals surface area contributed by atoms with Gasteiger partial charge in [0, 0.05) is 5.54 Å². The molecule has 0 saturated heterocycles. The van der Waals surface area contributed by atoms with E-state index in [0.29, 0.717) is 11.3 Å². The van der Waals surface area contributed by atoms with E-state index in [9.17, 15) is 0 Å². The molecule has 1 atom stereocenters. The molecule has 1 nitrogen and oxygen atoms in total. The Kier molecular flexibility index (Phi) is 5.07. The van der Waals surface area contributed by atoms with Gasteiger partial charge in [-0.05, 0) is 49.4 Å². The lowest BCUT2D eigenvalue weighted by Gasteiger charge is -2.46. The van der Waals surface area contributed by atoms with Crippen LogP contribution in [0.2, 0.25) is 0 Å². The standard InChI is InChI=1S/C16H33N/c1-6-8-13(3)16(17)11-9-14(10-12-16)15(4,5)7-2/h13-14H,6-12,17H2,1-5H3. The van der Waals surface area contributed by atoms with E-state index in [1.165, 1.54) is 44.9 Å². The Labute approximate surface area is 109 Å². The van der Waals surface area contributed by atoms with Crippen LogP contribution in [0.15, 0.2) is 0 Å². The lowest BCUT2D eigenvalue weighted by molar-refractivity contribution is 0.0896. The average molecular weight is 239 g/mol. The number of hydrogen-bond acceptors (Lipinski definition) is 1. The van der Waals surface area contributed by atoms with Crippen molar-refractivity contribution >= 4 is 0 Å². The van der Waals surface area contributed by atoms with Gasteiger partial charge in [0.25, 0.3) is 0 Å². The predicted molar refractivity (Wildman–Crippen MR) is 77.0 cm³/mol. The van der Waals surface area contributed by atoms with E-state index in [2.05, 4.69) is 34.6 Å². The molecule has 1 aliphatic rings. The summed E-state index contributed by atoms with van der Waals surface area (Å²) >= 11 is 0. The Morgan fingerprint density at radius 3 is 2.18 bits per heavy atom. The fraction of sp³-hybridized carbons (Fsp3) is 1.00. The van der Waals surface area contributed by atoms with Crippen LogP contribution in [0.25, 0.3) is 0 Å². The zero-order valence-corrected chi connectivity index (χ0v) is 12.7. The van der Waals surface area contributed by atoms with Gasteiger partial charge in [0.2, 0.25) is 0 Å². The van der Waals surface area contributed by atoms with Crippen molar-refractivity contribution in [3.8, 4) is 0 Å². The highest BCUT2D eigenvalue weighted by atomic mass is 14.8. The molecule has 1 aliphatic carbocycles. The van der Waals surface area contributed by atoms with E-state index in [1.807, 2.05) is 0 Å². The van der Waals surface area contributed by atoms with Gasteiger partial charge >= 0.3 is 0 Å². The summed E-state index contributed by atoms with van der Waals surface area (Å²) in [6.45, 7) is 11.8. The molecular formula is C16H33N. The van der Waals surface area contributed by atoms with Crippen molar-refractivity contribution in [3.05, 3.63) is 0 Å². The van der Waals surface area contributed by atoms with E-state index in [-0.39, 0.29) is 5.54 Å². The van der Waals surface area contributed by atoms with Gasteiger partial charge in [-0.25, -0.2) is 0 Å². The minimum atomic E-state index is 0.135. The summed E-state index contributed by atoms with van der Waals surface area (Å²) in [7, 11) is 0. The SMILES string of the molecule is CCCC(C)C1(N)CCC(C(C)(C)CC)CC1. The Balaban J connectivity index is 2.55. The van der Waals surface area contributed by atoms with Crippen LogP contribution in [0.3, 0.4) is 0 Å². The quantitative estimate of drug-likeness (QED) is 0.736. The van der Waals surface area contributed by atoms with Gasteiger partial charge in [-0.15, -0.1) is 0 Å². The minimum Gasteiger partial charge on any atom is -0.325 e. The highest BCUT2D eigenvalue weighted by molar-refractivity contribution is 4.96. The van der Waals surface area contributed by atoms with Crippen molar-refractivity contribution in [3.63, 3.8) is 0 Å². The molecular weight excluding hydrogens is 206 g/mol. The van der Waals surface area contributed by atoms with Crippen molar-refractivity contribution in [1.29, 1.82) is 0 Å². The smallest absolute Gasteiger partial charge is 0.0180 e. The Morgan fingerprint density at radius 1 is 1.24 bits per heavy atom. The number of hydrogen-bond donors (Lipinski definition) is 1. The first-order valence-electron chi connectivity index (χ1n) is 7.64. The summed E-state index contributed by atoms with van der Waals surface area (Å²) in [5.74, 6) is 1.58. The van der Waals surface area contributed by atoms with Gasteiger partial charge < -0.3 is 5.73 Å². The lowest BCUT2D eigenvalue weighted by atomic mass is 9.63. The Hall–Kier alpha value is -0.0400. The molecule has 1 rings (SSSR count). The second kappa shape index (κ2) is 5.73. The van der Waals surface area contributed by atoms with Gasteiger partial charge in [-0.3, -0.25) is 0 Å². The van der Waals surface area contributed by atoms with Crippen molar-refractivity contribution in [2.24, 2.45) is 23.0 Å². The molecule has 1 heteroatoms. The van der Waals surface area contributed by atoms with Gasteiger partial charge in [-0.2, -0.15) is 0 Å². The second-order valence-corrected chi connectivity index (χ2v) is 7.04. The van der Waals surface area contributed by atoms with Crippen molar-refractivity contribution in [2.45, 2.75) is 85.1 Å². The van der Waals surface area contributed by atoms with Gasteiger partial charge in [-0.1, -0.05) is 47.5 Å². The summed E-state index contributed by atoms with van der Waals surface area (Å²) in [6.07, 6.45) is 9.00. The molecule has 0 aromatic carbocycles. The fourth-order valence-electron chi connectivity index (χ4n) is 3.44. The molecule has 0 aliphatic heterocycles. The topological polar surface area (TPSA) is 26.0 Å². The van der Waals surface area contributed by atoms with E-state index < -0.39 is 0 Å². The van der Waals surface area contributed by atoms with Gasteiger partial charge in [0.05, 0.1) is 0 Å². The van der Waals surface area contributed by atoms with Crippen LogP contribution >= 0.6 is 0 Å². The first-order valence-corrected chi connectivity index (χ1v) is 7.64. The highest BCUT2D eigenvalue weighted by Crippen LogP contribution is 2.45.